The first-order valence-corrected chi connectivity index (χ1v) is 8.42. The normalized spacial score (nSPS) is 13.2. The number of hydrogen-bond donors (Lipinski definition) is 1. The minimum absolute atomic E-state index is 0.108. The fourth-order valence-corrected chi connectivity index (χ4v) is 3.31. The van der Waals surface area contributed by atoms with Crippen molar-refractivity contribution in [3.05, 3.63) is 63.1 Å². The molecule has 0 aromatic heterocycles. The molecule has 0 bridgehead atoms. The molecule has 0 aliphatic carbocycles. The standard InChI is InChI=1S/C15H14Cl2O3S/c1-9-3-4-14(21(18,19)20)8-15(9)10(2)11-5-12(16)7-13(17)6-11/h3-8,10H,1-2H3,(H,18,19,20). The van der Waals surface area contributed by atoms with Gasteiger partial charge in [-0.3, -0.25) is 4.55 Å². The van der Waals surface area contributed by atoms with E-state index in [-0.39, 0.29) is 10.8 Å². The average molecular weight is 345 g/mol. The van der Waals surface area contributed by atoms with Gasteiger partial charge in [0.05, 0.1) is 4.90 Å². The Morgan fingerprint density at radius 1 is 1.05 bits per heavy atom. The van der Waals surface area contributed by atoms with E-state index in [4.69, 9.17) is 23.2 Å². The summed E-state index contributed by atoms with van der Waals surface area (Å²) in [5.41, 5.74) is 2.59. The van der Waals surface area contributed by atoms with Crippen LogP contribution in [0.3, 0.4) is 0 Å². The first-order chi connectivity index (χ1) is 9.68. The second-order valence-electron chi connectivity index (χ2n) is 4.92. The van der Waals surface area contributed by atoms with Crippen molar-refractivity contribution in [1.82, 2.24) is 0 Å². The highest BCUT2D eigenvalue weighted by atomic mass is 35.5. The molecule has 1 N–H and O–H groups in total. The zero-order chi connectivity index (χ0) is 15.8. The van der Waals surface area contributed by atoms with Crippen LogP contribution in [0.5, 0.6) is 0 Å². The van der Waals surface area contributed by atoms with Gasteiger partial charge in [0.15, 0.2) is 0 Å². The summed E-state index contributed by atoms with van der Waals surface area (Å²) >= 11 is 12.0. The summed E-state index contributed by atoms with van der Waals surface area (Å²) in [6.07, 6.45) is 0. The van der Waals surface area contributed by atoms with E-state index in [2.05, 4.69) is 0 Å². The highest BCUT2D eigenvalue weighted by molar-refractivity contribution is 7.85. The first kappa shape index (κ1) is 16.3. The van der Waals surface area contributed by atoms with Crippen LogP contribution in [0.1, 0.15) is 29.5 Å². The Bertz CT molecular complexity index is 765. The van der Waals surface area contributed by atoms with Gasteiger partial charge in [0.1, 0.15) is 0 Å². The number of rotatable bonds is 3. The summed E-state index contributed by atoms with van der Waals surface area (Å²) in [6, 6.07) is 9.74. The van der Waals surface area contributed by atoms with Gasteiger partial charge in [-0.25, -0.2) is 0 Å². The molecule has 2 aromatic rings. The highest BCUT2D eigenvalue weighted by Gasteiger charge is 2.17. The average Bonchev–Trinajstić information content (AvgIpc) is 2.36. The molecule has 112 valence electrons. The molecule has 0 heterocycles. The summed E-state index contributed by atoms with van der Waals surface area (Å²) in [7, 11) is -4.23. The van der Waals surface area contributed by atoms with Gasteiger partial charge in [-0.1, -0.05) is 36.2 Å². The Kier molecular flexibility index (Phi) is 4.63. The second kappa shape index (κ2) is 5.97. The third kappa shape index (κ3) is 3.77. The lowest BCUT2D eigenvalue weighted by molar-refractivity contribution is 0.483. The SMILES string of the molecule is Cc1ccc(S(=O)(=O)O)cc1C(C)c1cc(Cl)cc(Cl)c1. The maximum absolute atomic E-state index is 11.3. The molecule has 0 fully saturated rings. The molecule has 0 aliphatic heterocycles. The Morgan fingerprint density at radius 2 is 1.62 bits per heavy atom. The molecular formula is C15H14Cl2O3S. The third-order valence-electron chi connectivity index (χ3n) is 3.40. The maximum atomic E-state index is 11.3. The van der Waals surface area contributed by atoms with Crippen molar-refractivity contribution in [2.24, 2.45) is 0 Å². The van der Waals surface area contributed by atoms with Crippen LogP contribution in [0.25, 0.3) is 0 Å². The van der Waals surface area contributed by atoms with Gasteiger partial charge in [-0.2, -0.15) is 8.42 Å². The largest absolute Gasteiger partial charge is 0.294 e. The van der Waals surface area contributed by atoms with Crippen molar-refractivity contribution >= 4 is 33.3 Å². The number of benzene rings is 2. The molecule has 3 nitrogen and oxygen atoms in total. The molecule has 21 heavy (non-hydrogen) atoms. The second-order valence-corrected chi connectivity index (χ2v) is 7.21. The molecule has 2 rings (SSSR count). The lowest BCUT2D eigenvalue weighted by Crippen LogP contribution is -2.04. The van der Waals surface area contributed by atoms with E-state index in [9.17, 15) is 13.0 Å². The number of aryl methyl sites for hydroxylation is 1. The molecule has 0 aliphatic rings. The van der Waals surface area contributed by atoms with Crippen molar-refractivity contribution in [3.8, 4) is 0 Å². The van der Waals surface area contributed by atoms with E-state index in [1.807, 2.05) is 13.8 Å². The van der Waals surface area contributed by atoms with E-state index in [0.717, 1.165) is 16.7 Å². The van der Waals surface area contributed by atoms with E-state index in [1.54, 1.807) is 24.3 Å². The number of hydrogen-bond acceptors (Lipinski definition) is 2. The van der Waals surface area contributed by atoms with E-state index >= 15 is 0 Å². The molecule has 2 aromatic carbocycles. The molecule has 0 radical (unpaired) electrons. The van der Waals surface area contributed by atoms with Crippen molar-refractivity contribution in [3.63, 3.8) is 0 Å². The molecule has 1 atom stereocenters. The summed E-state index contributed by atoms with van der Waals surface area (Å²) in [4.78, 5) is -0.122. The minimum Gasteiger partial charge on any atom is -0.282 e. The van der Waals surface area contributed by atoms with Crippen LogP contribution in [0.15, 0.2) is 41.3 Å². The van der Waals surface area contributed by atoms with Gasteiger partial charge in [0.2, 0.25) is 0 Å². The van der Waals surface area contributed by atoms with Crippen LogP contribution in [-0.4, -0.2) is 13.0 Å². The van der Waals surface area contributed by atoms with Crippen LogP contribution < -0.4 is 0 Å². The minimum atomic E-state index is -4.23. The first-order valence-electron chi connectivity index (χ1n) is 6.22. The zero-order valence-corrected chi connectivity index (χ0v) is 13.8. The van der Waals surface area contributed by atoms with Crippen LogP contribution >= 0.6 is 23.2 Å². The quantitative estimate of drug-likeness (QED) is 0.821. The van der Waals surface area contributed by atoms with Crippen LogP contribution in [-0.2, 0) is 10.1 Å². The van der Waals surface area contributed by atoms with Gasteiger partial charge >= 0.3 is 0 Å². The molecule has 1 unspecified atom stereocenters. The molecule has 0 saturated carbocycles. The Balaban J connectivity index is 2.54. The molecular weight excluding hydrogens is 331 g/mol. The highest BCUT2D eigenvalue weighted by Crippen LogP contribution is 2.32. The summed E-state index contributed by atoms with van der Waals surface area (Å²) in [5.74, 6) is -0.108. The third-order valence-corrected chi connectivity index (χ3v) is 4.69. The Hall–Kier alpha value is -1.07. The zero-order valence-electron chi connectivity index (χ0n) is 11.5. The van der Waals surface area contributed by atoms with E-state index in [1.165, 1.54) is 12.1 Å². The fraction of sp³-hybridized carbons (Fsp3) is 0.200. The van der Waals surface area contributed by atoms with E-state index in [0.29, 0.717) is 10.0 Å². The number of halogens is 2. The van der Waals surface area contributed by atoms with Gasteiger partial charge in [0.25, 0.3) is 10.1 Å². The summed E-state index contributed by atoms with van der Waals surface area (Å²) in [5, 5.41) is 1.04. The summed E-state index contributed by atoms with van der Waals surface area (Å²) < 4.78 is 31.7. The fourth-order valence-electron chi connectivity index (χ4n) is 2.25. The van der Waals surface area contributed by atoms with Crippen LogP contribution in [0.2, 0.25) is 10.0 Å². The molecule has 0 amide bonds. The predicted molar refractivity (Wildman–Crippen MR) is 85.0 cm³/mol. The van der Waals surface area contributed by atoms with Gasteiger partial charge in [-0.05, 0) is 53.9 Å². The topological polar surface area (TPSA) is 54.4 Å². The summed E-state index contributed by atoms with van der Waals surface area (Å²) in [6.45, 7) is 3.81. The van der Waals surface area contributed by atoms with Crippen molar-refractivity contribution < 1.29 is 13.0 Å². The van der Waals surface area contributed by atoms with Crippen molar-refractivity contribution in [2.75, 3.05) is 0 Å². The molecule has 6 heteroatoms. The monoisotopic (exact) mass is 344 g/mol. The Labute approximate surface area is 134 Å². The van der Waals surface area contributed by atoms with Gasteiger partial charge in [0, 0.05) is 16.0 Å². The van der Waals surface area contributed by atoms with Crippen LogP contribution in [0, 0.1) is 6.92 Å². The van der Waals surface area contributed by atoms with Crippen molar-refractivity contribution in [1.29, 1.82) is 0 Å². The van der Waals surface area contributed by atoms with Gasteiger partial charge < -0.3 is 0 Å². The lowest BCUT2D eigenvalue weighted by atomic mass is 9.90. The maximum Gasteiger partial charge on any atom is 0.294 e. The predicted octanol–water partition coefficient (Wildman–Crippen LogP) is 4.70. The van der Waals surface area contributed by atoms with Gasteiger partial charge in [-0.15, -0.1) is 0 Å². The smallest absolute Gasteiger partial charge is 0.282 e. The molecule has 0 spiro atoms. The Morgan fingerprint density at radius 3 is 2.14 bits per heavy atom. The van der Waals surface area contributed by atoms with Crippen LogP contribution in [0.4, 0.5) is 0 Å². The van der Waals surface area contributed by atoms with E-state index < -0.39 is 10.1 Å². The van der Waals surface area contributed by atoms with Crippen molar-refractivity contribution in [2.45, 2.75) is 24.7 Å². The molecule has 0 saturated heterocycles. The lowest BCUT2D eigenvalue weighted by Gasteiger charge is -2.17.